The second kappa shape index (κ2) is 10.5. The first-order valence-corrected chi connectivity index (χ1v) is 9.33. The molecule has 0 aliphatic carbocycles. The van der Waals surface area contributed by atoms with Gasteiger partial charge in [-0.2, -0.15) is 5.10 Å². The molecule has 0 heterocycles. The van der Waals surface area contributed by atoms with Crippen molar-refractivity contribution in [1.82, 2.24) is 5.43 Å². The number of hydrazone groups is 1. The summed E-state index contributed by atoms with van der Waals surface area (Å²) in [5, 5.41) is 13.1. The zero-order chi connectivity index (χ0) is 21.4. The van der Waals surface area contributed by atoms with Crippen molar-refractivity contribution < 1.29 is 24.2 Å². The number of hydrogen-bond donors (Lipinski definition) is 2. The summed E-state index contributed by atoms with van der Waals surface area (Å²) in [7, 11) is 0. The fraction of sp³-hybridized carbons (Fsp3) is 0.286. The number of carbonyl (C=O) groups excluding carboxylic acids is 1. The number of hydrogen-bond acceptors (Lipinski definition) is 5. The van der Waals surface area contributed by atoms with Gasteiger partial charge in [-0.3, -0.25) is 4.79 Å². The van der Waals surface area contributed by atoms with Gasteiger partial charge in [0, 0.05) is 5.02 Å². The van der Waals surface area contributed by atoms with Crippen LogP contribution in [0, 0.1) is 6.92 Å². The number of carbonyl (C=O) groups is 2. The van der Waals surface area contributed by atoms with E-state index in [-0.39, 0.29) is 12.5 Å². The number of ether oxygens (including phenoxy) is 2. The smallest absolute Gasteiger partial charge is 0.341 e. The Morgan fingerprint density at radius 1 is 1.17 bits per heavy atom. The van der Waals surface area contributed by atoms with Crippen molar-refractivity contribution in [2.24, 2.45) is 5.10 Å². The summed E-state index contributed by atoms with van der Waals surface area (Å²) in [5.74, 6) is -0.189. The van der Waals surface area contributed by atoms with E-state index in [1.54, 1.807) is 24.3 Å². The van der Waals surface area contributed by atoms with Gasteiger partial charge in [-0.15, -0.1) is 0 Å². The zero-order valence-corrected chi connectivity index (χ0v) is 17.2. The van der Waals surface area contributed by atoms with E-state index in [1.807, 2.05) is 32.9 Å². The summed E-state index contributed by atoms with van der Waals surface area (Å²) >= 11 is 6.17. The predicted octanol–water partition coefficient (Wildman–Crippen LogP) is 3.76. The molecule has 0 saturated heterocycles. The maximum absolute atomic E-state index is 12.0. The molecule has 0 unspecified atom stereocenters. The second-order valence-corrected chi connectivity index (χ2v) is 7.03. The molecular formula is C21H23ClN2O5. The molecule has 8 heteroatoms. The summed E-state index contributed by atoms with van der Waals surface area (Å²) in [4.78, 5) is 22.5. The average Bonchev–Trinajstić information content (AvgIpc) is 2.67. The number of benzene rings is 2. The third-order valence-corrected chi connectivity index (χ3v) is 4.32. The number of aliphatic carboxylic acids is 1. The highest BCUT2D eigenvalue weighted by molar-refractivity contribution is 6.31. The Bertz CT molecular complexity index is 895. The number of rotatable bonds is 9. The molecule has 2 aromatic carbocycles. The Kier molecular flexibility index (Phi) is 8.03. The Morgan fingerprint density at radius 2 is 1.86 bits per heavy atom. The van der Waals surface area contributed by atoms with Gasteiger partial charge in [0.25, 0.3) is 5.91 Å². The highest BCUT2D eigenvalue weighted by Crippen LogP contribution is 2.31. The minimum absolute atomic E-state index is 0.180. The fourth-order valence-corrected chi connectivity index (χ4v) is 2.57. The molecule has 0 atom stereocenters. The lowest BCUT2D eigenvalue weighted by Gasteiger charge is -2.15. The average molecular weight is 419 g/mol. The van der Waals surface area contributed by atoms with Crippen molar-refractivity contribution in [3.05, 3.63) is 58.1 Å². The largest absolute Gasteiger partial charge is 0.483 e. The molecule has 2 aromatic rings. The topological polar surface area (TPSA) is 97.2 Å². The second-order valence-electron chi connectivity index (χ2n) is 6.63. The van der Waals surface area contributed by atoms with E-state index >= 15 is 0 Å². The lowest BCUT2D eigenvalue weighted by Crippen LogP contribution is -2.25. The van der Waals surface area contributed by atoms with Gasteiger partial charge in [0.15, 0.2) is 13.2 Å². The Hall–Kier alpha value is -3.06. The van der Waals surface area contributed by atoms with E-state index in [4.69, 9.17) is 26.2 Å². The van der Waals surface area contributed by atoms with Crippen LogP contribution in [0.2, 0.25) is 5.02 Å². The van der Waals surface area contributed by atoms with Gasteiger partial charge in [0.2, 0.25) is 0 Å². The van der Waals surface area contributed by atoms with Crippen molar-refractivity contribution in [3.8, 4) is 11.5 Å². The number of halogens is 1. The van der Waals surface area contributed by atoms with Gasteiger partial charge < -0.3 is 14.6 Å². The standard InChI is InChI=1S/C21H23ClN2O5/c1-13(2)17-9-18(22)14(3)8-19(17)29-11-20(25)24-23-10-15-4-6-16(7-5-15)28-12-21(26)27/h4-10,13H,11-12H2,1-3H3,(H,24,25)(H,26,27)/b23-10+. The van der Waals surface area contributed by atoms with Gasteiger partial charge in [-0.1, -0.05) is 25.4 Å². The molecule has 29 heavy (non-hydrogen) atoms. The van der Waals surface area contributed by atoms with Crippen LogP contribution in [0.15, 0.2) is 41.5 Å². The third kappa shape index (κ3) is 7.12. The SMILES string of the molecule is Cc1cc(OCC(=O)N/N=C/c2ccc(OCC(=O)O)cc2)c(C(C)C)cc1Cl. The van der Waals surface area contributed by atoms with Gasteiger partial charge in [-0.25, -0.2) is 10.2 Å². The van der Waals surface area contributed by atoms with Crippen molar-refractivity contribution in [1.29, 1.82) is 0 Å². The van der Waals surface area contributed by atoms with Crippen LogP contribution in [0.4, 0.5) is 0 Å². The third-order valence-electron chi connectivity index (χ3n) is 3.92. The molecule has 0 bridgehead atoms. The van der Waals surface area contributed by atoms with Crippen molar-refractivity contribution in [2.45, 2.75) is 26.7 Å². The van der Waals surface area contributed by atoms with Crippen LogP contribution in [0.25, 0.3) is 0 Å². The van der Waals surface area contributed by atoms with Gasteiger partial charge in [0.1, 0.15) is 11.5 Å². The molecule has 7 nitrogen and oxygen atoms in total. The van der Waals surface area contributed by atoms with Crippen molar-refractivity contribution in [2.75, 3.05) is 13.2 Å². The molecule has 1 amide bonds. The first kappa shape index (κ1) is 22.2. The van der Waals surface area contributed by atoms with E-state index in [1.165, 1.54) is 6.21 Å². The van der Waals surface area contributed by atoms with Crippen LogP contribution in [0.5, 0.6) is 11.5 Å². The molecular weight excluding hydrogens is 396 g/mol. The van der Waals surface area contributed by atoms with Crippen LogP contribution < -0.4 is 14.9 Å². The molecule has 0 aliphatic heterocycles. The van der Waals surface area contributed by atoms with Crippen LogP contribution >= 0.6 is 11.6 Å². The van der Waals surface area contributed by atoms with Crippen LogP contribution in [-0.4, -0.2) is 36.4 Å². The number of nitrogens with one attached hydrogen (secondary N) is 1. The van der Waals surface area contributed by atoms with E-state index in [2.05, 4.69) is 10.5 Å². The fourth-order valence-electron chi connectivity index (χ4n) is 2.40. The molecule has 0 fully saturated rings. The minimum atomic E-state index is -1.05. The van der Waals surface area contributed by atoms with Crippen molar-refractivity contribution in [3.63, 3.8) is 0 Å². The van der Waals surface area contributed by atoms with Gasteiger partial charge >= 0.3 is 5.97 Å². The number of amides is 1. The summed E-state index contributed by atoms with van der Waals surface area (Å²) in [6.07, 6.45) is 1.46. The quantitative estimate of drug-likeness (QED) is 0.477. The Labute approximate surface area is 174 Å². The molecule has 0 aromatic heterocycles. The molecule has 0 radical (unpaired) electrons. The highest BCUT2D eigenvalue weighted by Gasteiger charge is 2.12. The maximum Gasteiger partial charge on any atom is 0.341 e. The first-order chi connectivity index (χ1) is 13.8. The molecule has 0 saturated carbocycles. The molecule has 2 N–H and O–H groups in total. The van der Waals surface area contributed by atoms with Crippen molar-refractivity contribution >= 4 is 29.7 Å². The Morgan fingerprint density at radius 3 is 2.48 bits per heavy atom. The predicted molar refractivity (Wildman–Crippen MR) is 111 cm³/mol. The lowest BCUT2D eigenvalue weighted by molar-refractivity contribution is -0.139. The zero-order valence-electron chi connectivity index (χ0n) is 16.4. The molecule has 2 rings (SSSR count). The first-order valence-electron chi connectivity index (χ1n) is 8.95. The monoisotopic (exact) mass is 418 g/mol. The summed E-state index contributed by atoms with van der Waals surface area (Å²) < 4.78 is 10.7. The lowest BCUT2D eigenvalue weighted by atomic mass is 10.0. The number of aryl methyl sites for hydroxylation is 1. The van der Waals surface area contributed by atoms with E-state index in [9.17, 15) is 9.59 Å². The summed E-state index contributed by atoms with van der Waals surface area (Å²) in [5.41, 5.74) is 4.92. The number of carboxylic acid groups (broad SMARTS) is 1. The molecule has 0 aliphatic rings. The maximum atomic E-state index is 12.0. The van der Waals surface area contributed by atoms with Gasteiger partial charge in [0.05, 0.1) is 6.21 Å². The van der Waals surface area contributed by atoms with Crippen LogP contribution in [0.3, 0.4) is 0 Å². The van der Waals surface area contributed by atoms with Crippen LogP contribution in [0.1, 0.15) is 36.5 Å². The highest BCUT2D eigenvalue weighted by atomic mass is 35.5. The molecule has 0 spiro atoms. The normalized spacial score (nSPS) is 10.9. The van der Waals surface area contributed by atoms with E-state index in [0.717, 1.165) is 11.1 Å². The summed E-state index contributed by atoms with van der Waals surface area (Å²) in [6.45, 7) is 5.34. The Balaban J connectivity index is 1.87. The molecule has 154 valence electrons. The number of carboxylic acids is 1. The van der Waals surface area contributed by atoms with E-state index in [0.29, 0.717) is 22.1 Å². The number of nitrogens with zero attached hydrogens (tertiary/aromatic N) is 1. The minimum Gasteiger partial charge on any atom is -0.483 e. The van der Waals surface area contributed by atoms with Crippen LogP contribution in [-0.2, 0) is 9.59 Å². The van der Waals surface area contributed by atoms with Gasteiger partial charge in [-0.05, 0) is 65.9 Å². The summed E-state index contributed by atoms with van der Waals surface area (Å²) in [6, 6.07) is 10.3. The van der Waals surface area contributed by atoms with E-state index < -0.39 is 18.5 Å².